The van der Waals surface area contributed by atoms with Gasteiger partial charge in [-0.1, -0.05) is 18.5 Å². The molecule has 4 nitrogen and oxygen atoms in total. The molecule has 2 aliphatic rings. The van der Waals surface area contributed by atoms with E-state index < -0.39 is 0 Å². The van der Waals surface area contributed by atoms with Gasteiger partial charge in [0.2, 0.25) is 0 Å². The Labute approximate surface area is 125 Å². The molecule has 0 amide bonds. The number of aromatic nitrogens is 2. The maximum atomic E-state index is 6.17. The minimum absolute atomic E-state index is 0.574. The highest BCUT2D eigenvalue weighted by Crippen LogP contribution is 2.32. The summed E-state index contributed by atoms with van der Waals surface area (Å²) in [4.78, 5) is 11.5. The Morgan fingerprint density at radius 3 is 2.80 bits per heavy atom. The third-order valence-electron chi connectivity index (χ3n) is 4.39. The van der Waals surface area contributed by atoms with Gasteiger partial charge in [0.1, 0.15) is 16.8 Å². The van der Waals surface area contributed by atoms with Crippen molar-refractivity contribution in [2.75, 3.05) is 25.0 Å². The highest BCUT2D eigenvalue weighted by Gasteiger charge is 2.34. The zero-order chi connectivity index (χ0) is 14.1. The average molecular weight is 295 g/mol. The summed E-state index contributed by atoms with van der Waals surface area (Å²) in [5, 5.41) is 4.06. The molecule has 1 saturated carbocycles. The maximum absolute atomic E-state index is 6.17. The Kier molecular flexibility index (Phi) is 4.13. The Hall–Kier alpha value is -0.870. The van der Waals surface area contributed by atoms with Gasteiger partial charge in [-0.25, -0.2) is 9.97 Å². The standard InChI is InChI=1S/C15H23ClN4/c1-3-13-18-14(16)10(2)15(19-13)17-8-11-6-7-20(9-11)12-4-5-12/h11-12H,3-9H2,1-2H3,(H,17,18,19). The van der Waals surface area contributed by atoms with Crippen molar-refractivity contribution in [1.29, 1.82) is 0 Å². The van der Waals surface area contributed by atoms with E-state index in [0.29, 0.717) is 5.15 Å². The van der Waals surface area contributed by atoms with Crippen LogP contribution in [-0.4, -0.2) is 40.5 Å². The molecular weight excluding hydrogens is 272 g/mol. The molecule has 1 aromatic rings. The summed E-state index contributed by atoms with van der Waals surface area (Å²) in [6, 6.07) is 0.891. The van der Waals surface area contributed by atoms with Crippen LogP contribution in [0.5, 0.6) is 0 Å². The smallest absolute Gasteiger partial charge is 0.137 e. The molecular formula is C15H23ClN4. The molecule has 0 bridgehead atoms. The van der Waals surface area contributed by atoms with Gasteiger partial charge in [0, 0.05) is 31.1 Å². The first-order valence-corrected chi connectivity index (χ1v) is 8.06. The van der Waals surface area contributed by atoms with E-state index in [4.69, 9.17) is 11.6 Å². The largest absolute Gasteiger partial charge is 0.369 e. The summed E-state index contributed by atoms with van der Waals surface area (Å²) < 4.78 is 0. The van der Waals surface area contributed by atoms with Crippen molar-refractivity contribution in [1.82, 2.24) is 14.9 Å². The minimum atomic E-state index is 0.574. The fourth-order valence-electron chi connectivity index (χ4n) is 2.90. The number of nitrogens with one attached hydrogen (secondary N) is 1. The van der Waals surface area contributed by atoms with E-state index in [1.165, 1.54) is 32.4 Å². The predicted molar refractivity (Wildman–Crippen MR) is 82.3 cm³/mol. The lowest BCUT2D eigenvalue weighted by atomic mass is 10.1. The molecule has 1 aliphatic carbocycles. The number of nitrogens with zero attached hydrogens (tertiary/aromatic N) is 3. The zero-order valence-corrected chi connectivity index (χ0v) is 13.1. The molecule has 2 heterocycles. The fourth-order valence-corrected chi connectivity index (χ4v) is 3.09. The van der Waals surface area contributed by atoms with Crippen LogP contribution in [0.15, 0.2) is 0 Å². The second-order valence-corrected chi connectivity index (χ2v) is 6.38. The van der Waals surface area contributed by atoms with Crippen LogP contribution in [0.25, 0.3) is 0 Å². The Balaban J connectivity index is 1.59. The maximum Gasteiger partial charge on any atom is 0.137 e. The van der Waals surface area contributed by atoms with Crippen LogP contribution in [-0.2, 0) is 6.42 Å². The van der Waals surface area contributed by atoms with Crippen molar-refractivity contribution in [3.63, 3.8) is 0 Å². The van der Waals surface area contributed by atoms with Crippen LogP contribution < -0.4 is 5.32 Å². The summed E-state index contributed by atoms with van der Waals surface area (Å²) in [7, 11) is 0. The van der Waals surface area contributed by atoms with Crippen molar-refractivity contribution in [3.05, 3.63) is 16.5 Å². The lowest BCUT2D eigenvalue weighted by Gasteiger charge is -2.16. The van der Waals surface area contributed by atoms with E-state index in [2.05, 4.69) is 27.1 Å². The van der Waals surface area contributed by atoms with Crippen molar-refractivity contribution in [2.45, 2.75) is 45.6 Å². The quantitative estimate of drug-likeness (QED) is 0.848. The van der Waals surface area contributed by atoms with Gasteiger partial charge in [0.05, 0.1) is 0 Å². The molecule has 20 heavy (non-hydrogen) atoms. The number of halogens is 1. The fraction of sp³-hybridized carbons (Fsp3) is 0.733. The molecule has 3 rings (SSSR count). The number of rotatable bonds is 5. The van der Waals surface area contributed by atoms with Crippen molar-refractivity contribution in [3.8, 4) is 0 Å². The lowest BCUT2D eigenvalue weighted by Crippen LogP contribution is -2.25. The first kappa shape index (κ1) is 14.1. The molecule has 1 N–H and O–H groups in total. The molecule has 1 aromatic heterocycles. The van der Waals surface area contributed by atoms with E-state index in [1.54, 1.807) is 0 Å². The van der Waals surface area contributed by atoms with Crippen LogP contribution in [0, 0.1) is 12.8 Å². The normalized spacial score (nSPS) is 23.2. The van der Waals surface area contributed by atoms with E-state index >= 15 is 0 Å². The molecule has 110 valence electrons. The Morgan fingerprint density at radius 2 is 2.10 bits per heavy atom. The predicted octanol–water partition coefficient (Wildman–Crippen LogP) is 2.90. The summed E-state index contributed by atoms with van der Waals surface area (Å²) in [6.45, 7) is 7.52. The van der Waals surface area contributed by atoms with E-state index in [0.717, 1.165) is 42.1 Å². The Bertz CT molecular complexity index is 487. The van der Waals surface area contributed by atoms with Crippen LogP contribution in [0.1, 0.15) is 37.6 Å². The molecule has 0 spiro atoms. The van der Waals surface area contributed by atoms with Gasteiger partial charge in [-0.15, -0.1) is 0 Å². The second kappa shape index (κ2) is 5.86. The topological polar surface area (TPSA) is 41.1 Å². The van der Waals surface area contributed by atoms with Crippen LogP contribution in [0.4, 0.5) is 5.82 Å². The SMILES string of the molecule is CCc1nc(Cl)c(C)c(NCC2CCN(C3CC3)C2)n1. The minimum Gasteiger partial charge on any atom is -0.369 e. The van der Waals surface area contributed by atoms with Gasteiger partial charge in [0.25, 0.3) is 0 Å². The summed E-state index contributed by atoms with van der Waals surface area (Å²) in [5.41, 5.74) is 0.959. The first-order chi connectivity index (χ1) is 9.67. The summed E-state index contributed by atoms with van der Waals surface area (Å²) >= 11 is 6.17. The highest BCUT2D eigenvalue weighted by atomic mass is 35.5. The number of hydrogen-bond donors (Lipinski definition) is 1. The monoisotopic (exact) mass is 294 g/mol. The highest BCUT2D eigenvalue weighted by molar-refractivity contribution is 6.30. The summed E-state index contributed by atoms with van der Waals surface area (Å²) in [6.07, 6.45) is 4.91. The van der Waals surface area contributed by atoms with E-state index in [9.17, 15) is 0 Å². The van der Waals surface area contributed by atoms with Crippen molar-refractivity contribution < 1.29 is 0 Å². The van der Waals surface area contributed by atoms with Gasteiger partial charge >= 0.3 is 0 Å². The first-order valence-electron chi connectivity index (χ1n) is 7.68. The lowest BCUT2D eigenvalue weighted by molar-refractivity contribution is 0.316. The van der Waals surface area contributed by atoms with Gasteiger partial charge < -0.3 is 10.2 Å². The molecule has 0 radical (unpaired) electrons. The Morgan fingerprint density at radius 1 is 1.30 bits per heavy atom. The van der Waals surface area contributed by atoms with Gasteiger partial charge in [0.15, 0.2) is 0 Å². The van der Waals surface area contributed by atoms with Crippen LogP contribution in [0.3, 0.4) is 0 Å². The molecule has 2 fully saturated rings. The molecule has 0 aromatic carbocycles. The molecule has 1 unspecified atom stereocenters. The number of hydrogen-bond acceptors (Lipinski definition) is 4. The third kappa shape index (κ3) is 3.07. The number of likely N-dealkylation sites (tertiary alicyclic amines) is 1. The second-order valence-electron chi connectivity index (χ2n) is 6.02. The van der Waals surface area contributed by atoms with Crippen LogP contribution >= 0.6 is 11.6 Å². The van der Waals surface area contributed by atoms with E-state index in [-0.39, 0.29) is 0 Å². The van der Waals surface area contributed by atoms with Crippen molar-refractivity contribution in [2.24, 2.45) is 5.92 Å². The summed E-state index contributed by atoms with van der Waals surface area (Å²) in [5.74, 6) is 2.45. The van der Waals surface area contributed by atoms with Gasteiger partial charge in [-0.2, -0.15) is 0 Å². The van der Waals surface area contributed by atoms with E-state index in [1.807, 2.05) is 6.92 Å². The molecule has 5 heteroatoms. The molecule has 1 atom stereocenters. The van der Waals surface area contributed by atoms with Crippen LogP contribution in [0.2, 0.25) is 5.15 Å². The van der Waals surface area contributed by atoms with Gasteiger partial charge in [-0.05, 0) is 38.6 Å². The number of anilines is 1. The average Bonchev–Trinajstić information content (AvgIpc) is 3.19. The van der Waals surface area contributed by atoms with Crippen molar-refractivity contribution >= 4 is 17.4 Å². The number of aryl methyl sites for hydroxylation is 1. The third-order valence-corrected chi connectivity index (χ3v) is 4.76. The molecule has 1 aliphatic heterocycles. The van der Waals surface area contributed by atoms with Gasteiger partial charge in [-0.3, -0.25) is 0 Å². The molecule has 1 saturated heterocycles. The zero-order valence-electron chi connectivity index (χ0n) is 12.3.